The van der Waals surface area contributed by atoms with Crippen LogP contribution in [0.15, 0.2) is 216 Å². The molecule has 0 amide bonds. The number of ether oxygens (including phenoxy) is 14. The van der Waals surface area contributed by atoms with Gasteiger partial charge in [-0.05, 0) is 68.7 Å². The molecular weight excluding hydrogens is 1180 g/mol. The van der Waals surface area contributed by atoms with Gasteiger partial charge in [-0.1, -0.05) is 192 Å². The molecule has 0 spiro atoms. The summed E-state index contributed by atoms with van der Waals surface area (Å²) in [6, 6.07) is 59.0. The van der Waals surface area contributed by atoms with E-state index in [1.165, 1.54) is 0 Å². The molecule has 1 N–H and O–H groups in total. The van der Waals surface area contributed by atoms with Gasteiger partial charge in [0.05, 0.1) is 72.6 Å². The van der Waals surface area contributed by atoms with Crippen LogP contribution in [0.2, 0.25) is 0 Å². The van der Waals surface area contributed by atoms with E-state index in [0.717, 1.165) is 29.4 Å². The molecule has 3 aliphatic heterocycles. The van der Waals surface area contributed by atoms with Gasteiger partial charge < -0.3 is 71.4 Å². The van der Waals surface area contributed by atoms with Crippen LogP contribution in [-0.4, -0.2) is 136 Å². The first-order valence-corrected chi connectivity index (χ1v) is 30.0. The average Bonchev–Trinajstić information content (AvgIpc) is 0.807. The van der Waals surface area contributed by atoms with Crippen LogP contribution < -0.4 is 4.74 Å². The SMILES string of the molecule is COC(=O)C1O[C@@H](O[C@@H]2C(COCc3ccccc3)O[C@H](O)C(N=[N+]=[N-])[C@@H]2OCc2ccccc2)C(OC(=O)c2ccccc2)[C@H](OCc2ccccc2)[C@@H]1O[C@H]1OC(COCc2ccccc2)[C@@H](OCc2ccc(OC)cc2)[C@@H](OCc2ccccc2)C1N=[N+]=[N-]. The number of azide groups is 2. The zero-order valence-electron chi connectivity index (χ0n) is 50.6. The fraction of sp³-hybridized carbons (Fsp3) is 0.362. The number of carbonyl (C=O) groups is 2. The molecule has 3 fully saturated rings. The molecule has 3 saturated heterocycles. The Hall–Kier alpha value is -8.58. The molecule has 92 heavy (non-hydrogen) atoms. The maximum atomic E-state index is 14.9. The molecule has 23 nitrogen and oxygen atoms in total. The van der Waals surface area contributed by atoms with Crippen LogP contribution in [0.3, 0.4) is 0 Å². The van der Waals surface area contributed by atoms with Gasteiger partial charge in [-0.25, -0.2) is 9.59 Å². The quantitative estimate of drug-likeness (QED) is 0.0189. The third kappa shape index (κ3) is 17.9. The van der Waals surface area contributed by atoms with Gasteiger partial charge >= 0.3 is 11.9 Å². The van der Waals surface area contributed by atoms with E-state index in [1.807, 2.05) is 164 Å². The minimum absolute atomic E-state index is 0.00310. The van der Waals surface area contributed by atoms with Crippen LogP contribution in [0.25, 0.3) is 20.9 Å². The Balaban J connectivity index is 1.07. The molecule has 23 heteroatoms. The highest BCUT2D eigenvalue weighted by Gasteiger charge is 2.59. The summed E-state index contributed by atoms with van der Waals surface area (Å²) in [7, 11) is 2.72. The van der Waals surface area contributed by atoms with Crippen molar-refractivity contribution >= 4 is 11.9 Å². The van der Waals surface area contributed by atoms with Gasteiger partial charge in [-0.15, -0.1) is 0 Å². The molecule has 480 valence electrons. The zero-order chi connectivity index (χ0) is 63.9. The highest BCUT2D eigenvalue weighted by Crippen LogP contribution is 2.39. The number of aliphatic hydroxyl groups is 1. The summed E-state index contributed by atoms with van der Waals surface area (Å²) in [5.74, 6) is -1.25. The van der Waals surface area contributed by atoms with E-state index in [1.54, 1.807) is 49.6 Å². The third-order valence-electron chi connectivity index (χ3n) is 15.6. The second kappa shape index (κ2) is 34.2. The summed E-state index contributed by atoms with van der Waals surface area (Å²) in [5, 5.41) is 20.0. The van der Waals surface area contributed by atoms with E-state index in [4.69, 9.17) is 66.3 Å². The minimum atomic E-state index is -1.85. The molecule has 0 aliphatic carbocycles. The van der Waals surface area contributed by atoms with Gasteiger partial charge in [0, 0.05) is 9.82 Å². The lowest BCUT2D eigenvalue weighted by atomic mass is 9.94. The average molecular weight is 1260 g/mol. The predicted octanol–water partition coefficient (Wildman–Crippen LogP) is 10.5. The van der Waals surface area contributed by atoms with Gasteiger partial charge in [-0.3, -0.25) is 0 Å². The van der Waals surface area contributed by atoms with Crippen molar-refractivity contribution in [1.29, 1.82) is 0 Å². The van der Waals surface area contributed by atoms with Crippen LogP contribution in [-0.2, 0) is 106 Å². The van der Waals surface area contributed by atoms with Crippen molar-refractivity contribution in [1.82, 2.24) is 0 Å². The number of nitrogens with zero attached hydrogens (tertiary/aromatic N) is 6. The summed E-state index contributed by atoms with van der Waals surface area (Å²) in [4.78, 5) is 36.0. The number of rotatable bonds is 30. The maximum Gasteiger partial charge on any atom is 0.338 e. The lowest BCUT2D eigenvalue weighted by molar-refractivity contribution is -0.367. The molecule has 0 aromatic heterocycles. The highest BCUT2D eigenvalue weighted by molar-refractivity contribution is 5.89. The molecule has 10 rings (SSSR count). The number of esters is 2. The van der Waals surface area contributed by atoms with Gasteiger partial charge in [0.1, 0.15) is 66.7 Å². The molecule has 3 heterocycles. The highest BCUT2D eigenvalue weighted by atomic mass is 16.8. The topological polar surface area (TPSA) is 281 Å². The molecule has 7 aromatic carbocycles. The van der Waals surface area contributed by atoms with Crippen molar-refractivity contribution in [2.24, 2.45) is 10.2 Å². The predicted molar refractivity (Wildman–Crippen MR) is 330 cm³/mol. The van der Waals surface area contributed by atoms with E-state index in [-0.39, 0.29) is 58.4 Å². The second-order valence-corrected chi connectivity index (χ2v) is 21.8. The molecule has 0 saturated carbocycles. The molecular formula is C69H72N6O17. The van der Waals surface area contributed by atoms with Gasteiger partial charge in [0.25, 0.3) is 0 Å². The lowest BCUT2D eigenvalue weighted by Gasteiger charge is -2.50. The normalized spacial score (nSPS) is 26.1. The Morgan fingerprint density at radius 1 is 0.446 bits per heavy atom. The van der Waals surface area contributed by atoms with Crippen LogP contribution >= 0.6 is 0 Å². The van der Waals surface area contributed by atoms with E-state index in [9.17, 15) is 25.8 Å². The Morgan fingerprint density at radius 3 is 1.34 bits per heavy atom. The molecule has 15 atom stereocenters. The minimum Gasteiger partial charge on any atom is -0.497 e. The van der Waals surface area contributed by atoms with Crippen molar-refractivity contribution in [2.45, 2.75) is 132 Å². The standard InChI is InChI=1S/C69H72N6O17/c1-79-52-35-33-50(34-36-52)42-83-57-53(43-81-37-45-21-9-3-10-22-45)88-68(56(73-75-71)60(57)85-40-48-27-15-6-16-28-48)91-62-61(86-41-49-29-17-7-18-30-49)64(89-65(76)51-31-19-8-20-32-51)69(92-63(62)67(78)80-2)90-58-54(44-82-38-46-23-11-4-12-24-46)87-66(77)55(72-74-70)59(58)84-39-47-25-13-5-14-26-47/h3-36,53-64,66,68-69,77H,37-44H2,1-2H3/t53?,54?,55?,56?,57-,58-,59+,60+,61-,62+,63?,64?,66+,68-,69-/m1/s1. The van der Waals surface area contributed by atoms with Crippen LogP contribution in [0.5, 0.6) is 5.75 Å². The Labute approximate surface area is 532 Å². The fourth-order valence-corrected chi connectivity index (χ4v) is 11.0. The van der Waals surface area contributed by atoms with Crippen molar-refractivity contribution in [3.05, 3.63) is 266 Å². The summed E-state index contributed by atoms with van der Waals surface area (Å²) < 4.78 is 91.7. The number of hydrogen-bond donors (Lipinski definition) is 1. The Kier molecular flexibility index (Phi) is 24.7. The lowest BCUT2D eigenvalue weighted by Crippen LogP contribution is -2.68. The summed E-state index contributed by atoms with van der Waals surface area (Å²) >= 11 is 0. The summed E-state index contributed by atoms with van der Waals surface area (Å²) in [6.45, 7) is -0.349. The smallest absolute Gasteiger partial charge is 0.338 e. The first-order chi connectivity index (χ1) is 45.2. The molecule has 7 aromatic rings. The molecule has 6 unspecified atom stereocenters. The molecule has 3 aliphatic rings. The molecule has 0 radical (unpaired) electrons. The van der Waals surface area contributed by atoms with Crippen molar-refractivity contribution in [3.63, 3.8) is 0 Å². The first-order valence-electron chi connectivity index (χ1n) is 30.0. The van der Waals surface area contributed by atoms with Crippen LogP contribution in [0.1, 0.15) is 43.7 Å². The number of methoxy groups -OCH3 is 2. The van der Waals surface area contributed by atoms with Gasteiger partial charge in [0.15, 0.2) is 31.1 Å². The second-order valence-electron chi connectivity index (χ2n) is 21.8. The monoisotopic (exact) mass is 1260 g/mol. The van der Waals surface area contributed by atoms with Crippen molar-refractivity contribution in [3.8, 4) is 5.75 Å². The number of aliphatic hydroxyl groups excluding tert-OH is 1. The van der Waals surface area contributed by atoms with E-state index >= 15 is 0 Å². The molecule has 0 bridgehead atoms. The van der Waals surface area contributed by atoms with E-state index in [0.29, 0.717) is 16.9 Å². The third-order valence-corrected chi connectivity index (χ3v) is 15.6. The van der Waals surface area contributed by atoms with Crippen molar-refractivity contribution in [2.75, 3.05) is 27.4 Å². The summed E-state index contributed by atoms with van der Waals surface area (Å²) in [6.07, 6.45) is -19.4. The first kappa shape index (κ1) is 66.3. The number of benzene rings is 7. The van der Waals surface area contributed by atoms with Crippen LogP contribution in [0.4, 0.5) is 0 Å². The summed E-state index contributed by atoms with van der Waals surface area (Å²) in [5.41, 5.74) is 25.3. The largest absolute Gasteiger partial charge is 0.497 e. The Morgan fingerprint density at radius 2 is 0.859 bits per heavy atom. The van der Waals surface area contributed by atoms with E-state index < -0.39 is 104 Å². The van der Waals surface area contributed by atoms with Gasteiger partial charge in [-0.2, -0.15) is 0 Å². The van der Waals surface area contributed by atoms with E-state index in [2.05, 4.69) is 20.1 Å². The van der Waals surface area contributed by atoms with Crippen LogP contribution in [0, 0.1) is 0 Å². The number of carbonyl (C=O) groups excluding carboxylic acids is 2. The maximum absolute atomic E-state index is 14.9. The number of hydrogen-bond acceptors (Lipinski definition) is 19. The Bertz CT molecular complexity index is 3460. The fourth-order valence-electron chi connectivity index (χ4n) is 11.0. The van der Waals surface area contributed by atoms with Gasteiger partial charge in [0.2, 0.25) is 0 Å². The zero-order valence-corrected chi connectivity index (χ0v) is 50.6. The van der Waals surface area contributed by atoms with Crippen molar-refractivity contribution < 1.29 is 81.0 Å².